The van der Waals surface area contributed by atoms with Crippen molar-refractivity contribution in [3.05, 3.63) is 52.9 Å². The van der Waals surface area contributed by atoms with Crippen LogP contribution in [0.5, 0.6) is 0 Å². The molecule has 1 aromatic carbocycles. The van der Waals surface area contributed by atoms with Gasteiger partial charge >= 0.3 is 0 Å². The lowest BCUT2D eigenvalue weighted by molar-refractivity contribution is 0.0983. The van der Waals surface area contributed by atoms with Crippen LogP contribution in [-0.4, -0.2) is 37.2 Å². The van der Waals surface area contributed by atoms with Crippen molar-refractivity contribution in [2.24, 2.45) is 0 Å². The first-order valence-electron chi connectivity index (χ1n) is 7.17. The number of amides is 1. The van der Waals surface area contributed by atoms with Crippen molar-refractivity contribution in [2.75, 3.05) is 11.4 Å². The topological polar surface area (TPSA) is 68.8 Å². The SMILES string of the molecule is Cc1nn(-c2cccc(Cl)c2)nc1C(=O)N1CCn2nccc21. The number of anilines is 1. The number of nitrogens with zero attached hydrogens (tertiary/aromatic N) is 6. The molecule has 0 radical (unpaired) electrons. The summed E-state index contributed by atoms with van der Waals surface area (Å²) >= 11 is 6.00. The van der Waals surface area contributed by atoms with E-state index in [4.69, 9.17) is 11.6 Å². The number of carbonyl (C=O) groups is 1. The van der Waals surface area contributed by atoms with E-state index in [1.807, 2.05) is 18.2 Å². The quantitative estimate of drug-likeness (QED) is 0.722. The van der Waals surface area contributed by atoms with Gasteiger partial charge in [0, 0.05) is 17.6 Å². The zero-order valence-electron chi connectivity index (χ0n) is 12.3. The van der Waals surface area contributed by atoms with Crippen LogP contribution in [0, 0.1) is 6.92 Å². The van der Waals surface area contributed by atoms with Gasteiger partial charge in [-0.1, -0.05) is 17.7 Å². The van der Waals surface area contributed by atoms with Gasteiger partial charge in [0.05, 0.1) is 24.1 Å². The van der Waals surface area contributed by atoms with Gasteiger partial charge in [0.15, 0.2) is 5.69 Å². The highest BCUT2D eigenvalue weighted by molar-refractivity contribution is 6.30. The Bertz CT molecular complexity index is 899. The molecule has 0 saturated heterocycles. The summed E-state index contributed by atoms with van der Waals surface area (Å²) in [7, 11) is 0. The molecule has 0 bridgehead atoms. The van der Waals surface area contributed by atoms with E-state index in [1.54, 1.807) is 34.8 Å². The molecule has 23 heavy (non-hydrogen) atoms. The van der Waals surface area contributed by atoms with Gasteiger partial charge in [-0.3, -0.25) is 9.69 Å². The van der Waals surface area contributed by atoms with Crippen LogP contribution in [-0.2, 0) is 6.54 Å². The van der Waals surface area contributed by atoms with Gasteiger partial charge in [-0.25, -0.2) is 4.68 Å². The standard InChI is InChI=1S/C15H13ClN6O/c1-10-14(15(23)20-7-8-21-13(20)5-6-17-21)19-22(18-10)12-4-2-3-11(16)9-12/h2-6,9H,7-8H2,1H3. The second-order valence-electron chi connectivity index (χ2n) is 5.27. The van der Waals surface area contributed by atoms with E-state index >= 15 is 0 Å². The summed E-state index contributed by atoms with van der Waals surface area (Å²) in [5.74, 6) is 0.613. The number of halogens is 1. The van der Waals surface area contributed by atoms with E-state index in [0.29, 0.717) is 35.2 Å². The van der Waals surface area contributed by atoms with Crippen molar-refractivity contribution >= 4 is 23.3 Å². The number of carbonyl (C=O) groups excluding carboxylic acids is 1. The first-order chi connectivity index (χ1) is 11.1. The van der Waals surface area contributed by atoms with Gasteiger partial charge in [-0.15, -0.1) is 5.10 Å². The van der Waals surface area contributed by atoms with Crippen LogP contribution in [0.25, 0.3) is 5.69 Å². The van der Waals surface area contributed by atoms with Crippen LogP contribution in [0.3, 0.4) is 0 Å². The van der Waals surface area contributed by atoms with Crippen molar-refractivity contribution in [3.8, 4) is 5.69 Å². The summed E-state index contributed by atoms with van der Waals surface area (Å²) in [6.45, 7) is 3.05. The Labute approximate surface area is 137 Å². The fourth-order valence-electron chi connectivity index (χ4n) is 2.66. The van der Waals surface area contributed by atoms with E-state index in [0.717, 1.165) is 5.82 Å². The van der Waals surface area contributed by atoms with E-state index in [1.165, 1.54) is 4.80 Å². The number of hydrogen-bond acceptors (Lipinski definition) is 4. The molecule has 0 unspecified atom stereocenters. The molecule has 0 aliphatic carbocycles. The Morgan fingerprint density at radius 3 is 2.91 bits per heavy atom. The lowest BCUT2D eigenvalue weighted by atomic mass is 10.3. The summed E-state index contributed by atoms with van der Waals surface area (Å²) in [4.78, 5) is 15.9. The van der Waals surface area contributed by atoms with Gasteiger partial charge in [0.1, 0.15) is 5.82 Å². The molecule has 4 rings (SSSR count). The third kappa shape index (κ3) is 2.29. The number of hydrogen-bond donors (Lipinski definition) is 0. The van der Waals surface area contributed by atoms with Crippen molar-refractivity contribution < 1.29 is 4.79 Å². The lowest BCUT2D eigenvalue weighted by Gasteiger charge is -2.12. The minimum Gasteiger partial charge on any atom is -0.290 e. The normalized spacial score (nSPS) is 13.4. The molecule has 1 aliphatic heterocycles. The molecule has 8 heteroatoms. The van der Waals surface area contributed by atoms with Gasteiger partial charge < -0.3 is 0 Å². The molecule has 1 aliphatic rings. The minimum atomic E-state index is -0.171. The van der Waals surface area contributed by atoms with Gasteiger partial charge in [0.25, 0.3) is 5.91 Å². The maximum absolute atomic E-state index is 12.8. The molecular formula is C15H13ClN6O. The zero-order valence-corrected chi connectivity index (χ0v) is 13.1. The maximum Gasteiger partial charge on any atom is 0.281 e. The highest BCUT2D eigenvalue weighted by atomic mass is 35.5. The van der Waals surface area contributed by atoms with E-state index < -0.39 is 0 Å². The van der Waals surface area contributed by atoms with E-state index in [9.17, 15) is 4.79 Å². The van der Waals surface area contributed by atoms with Gasteiger partial charge in [-0.05, 0) is 25.1 Å². The lowest BCUT2D eigenvalue weighted by Crippen LogP contribution is -2.29. The van der Waals surface area contributed by atoms with Gasteiger partial charge in [0.2, 0.25) is 0 Å². The number of aryl methyl sites for hydroxylation is 1. The predicted molar refractivity (Wildman–Crippen MR) is 85.0 cm³/mol. The largest absolute Gasteiger partial charge is 0.290 e. The van der Waals surface area contributed by atoms with Crippen molar-refractivity contribution in [1.29, 1.82) is 0 Å². The summed E-state index contributed by atoms with van der Waals surface area (Å²) in [6.07, 6.45) is 1.68. The smallest absolute Gasteiger partial charge is 0.281 e. The molecule has 0 atom stereocenters. The Morgan fingerprint density at radius 2 is 2.09 bits per heavy atom. The van der Waals surface area contributed by atoms with Crippen LogP contribution in [0.1, 0.15) is 16.2 Å². The van der Waals surface area contributed by atoms with E-state index in [-0.39, 0.29) is 5.91 Å². The molecular weight excluding hydrogens is 316 g/mol. The molecule has 0 spiro atoms. The molecule has 3 aromatic rings. The van der Waals surface area contributed by atoms with Gasteiger partial charge in [-0.2, -0.15) is 15.0 Å². The highest BCUT2D eigenvalue weighted by Crippen LogP contribution is 2.23. The molecule has 0 saturated carbocycles. The second-order valence-corrected chi connectivity index (χ2v) is 5.71. The predicted octanol–water partition coefficient (Wildman–Crippen LogP) is 2.09. The fourth-order valence-corrected chi connectivity index (χ4v) is 2.85. The van der Waals surface area contributed by atoms with E-state index in [2.05, 4.69) is 15.3 Å². The Kier molecular flexibility index (Phi) is 3.16. The Morgan fingerprint density at radius 1 is 1.22 bits per heavy atom. The van der Waals surface area contributed by atoms with Crippen LogP contribution in [0.2, 0.25) is 5.02 Å². The van der Waals surface area contributed by atoms with Crippen molar-refractivity contribution in [3.63, 3.8) is 0 Å². The Hall–Kier alpha value is -2.67. The average molecular weight is 329 g/mol. The highest BCUT2D eigenvalue weighted by Gasteiger charge is 2.29. The molecule has 116 valence electrons. The number of aromatic nitrogens is 5. The summed E-state index contributed by atoms with van der Waals surface area (Å²) < 4.78 is 1.80. The molecule has 1 amide bonds. The fraction of sp³-hybridized carbons (Fsp3) is 0.200. The number of fused-ring (bicyclic) bond motifs is 1. The third-order valence-corrected chi connectivity index (χ3v) is 4.01. The summed E-state index contributed by atoms with van der Waals surface area (Å²) in [6, 6.07) is 9.00. The van der Waals surface area contributed by atoms with Crippen LogP contribution in [0.15, 0.2) is 36.5 Å². The average Bonchev–Trinajstić information content (AvgIpc) is 3.21. The number of rotatable bonds is 2. The Balaban J connectivity index is 1.69. The monoisotopic (exact) mass is 328 g/mol. The number of benzene rings is 1. The minimum absolute atomic E-state index is 0.171. The first kappa shape index (κ1) is 14.0. The molecule has 3 heterocycles. The molecule has 0 N–H and O–H groups in total. The van der Waals surface area contributed by atoms with Crippen LogP contribution < -0.4 is 4.90 Å². The first-order valence-corrected chi connectivity index (χ1v) is 7.55. The molecule has 0 fully saturated rings. The zero-order chi connectivity index (χ0) is 16.0. The molecule has 2 aromatic heterocycles. The van der Waals surface area contributed by atoms with Crippen molar-refractivity contribution in [1.82, 2.24) is 24.8 Å². The van der Waals surface area contributed by atoms with Crippen LogP contribution in [0.4, 0.5) is 5.82 Å². The maximum atomic E-state index is 12.8. The summed E-state index contributed by atoms with van der Waals surface area (Å²) in [5, 5.41) is 13.5. The second kappa shape index (κ2) is 5.20. The molecule has 7 nitrogen and oxygen atoms in total. The van der Waals surface area contributed by atoms with Crippen molar-refractivity contribution in [2.45, 2.75) is 13.5 Å². The summed E-state index contributed by atoms with van der Waals surface area (Å²) in [5.41, 5.74) is 1.62. The third-order valence-electron chi connectivity index (χ3n) is 3.78. The van der Waals surface area contributed by atoms with Crippen LogP contribution >= 0.6 is 11.6 Å².